The van der Waals surface area contributed by atoms with Crippen molar-refractivity contribution in [2.24, 2.45) is 5.73 Å². The molecule has 0 radical (unpaired) electrons. The van der Waals surface area contributed by atoms with Crippen molar-refractivity contribution in [3.63, 3.8) is 0 Å². The van der Waals surface area contributed by atoms with Gasteiger partial charge in [0.25, 0.3) is 5.56 Å². The minimum Gasteiger partial charge on any atom is -0.481 e. The zero-order chi connectivity index (χ0) is 32.3. The summed E-state index contributed by atoms with van der Waals surface area (Å²) in [5.74, 6) is -0.581. The van der Waals surface area contributed by atoms with E-state index >= 15 is 0 Å². The van der Waals surface area contributed by atoms with E-state index < -0.39 is 47.0 Å². The van der Waals surface area contributed by atoms with Gasteiger partial charge in [-0.05, 0) is 30.7 Å². The van der Waals surface area contributed by atoms with Crippen LogP contribution >= 0.6 is 0 Å². The van der Waals surface area contributed by atoms with E-state index in [1.807, 2.05) is 17.0 Å². The highest BCUT2D eigenvalue weighted by Crippen LogP contribution is 2.33. The Hall–Kier alpha value is -4.49. The molecule has 0 saturated carbocycles. The number of alkyl halides is 3. The molecule has 1 aliphatic heterocycles. The number of halogens is 4. The van der Waals surface area contributed by atoms with Gasteiger partial charge in [0.1, 0.15) is 11.5 Å². The summed E-state index contributed by atoms with van der Waals surface area (Å²) >= 11 is 0. The number of benzene rings is 2. The molecule has 2 aromatic carbocycles. The molecule has 0 bridgehead atoms. The minimum absolute atomic E-state index is 0.147. The van der Waals surface area contributed by atoms with Crippen LogP contribution in [0.4, 0.5) is 23.2 Å². The van der Waals surface area contributed by atoms with Gasteiger partial charge in [-0.1, -0.05) is 42.5 Å². The lowest BCUT2D eigenvalue weighted by atomic mass is 10.1. The zero-order valence-corrected chi connectivity index (χ0v) is 24.9. The molecule has 1 atom stereocenters. The van der Waals surface area contributed by atoms with Crippen molar-refractivity contribution in [2.45, 2.75) is 38.8 Å². The number of nitrogens with zero attached hydrogens (tertiary/aromatic N) is 5. The SMILES string of the molecule is COc1ncccc1CN1CCN(c2c(C)n(Cc3c(F)cccc3C(F)(F)F)c(=O)n(C[C@H](N)c3ccccc3)c2=O)CC1. The van der Waals surface area contributed by atoms with Gasteiger partial charge in [-0.15, -0.1) is 0 Å². The summed E-state index contributed by atoms with van der Waals surface area (Å²) in [5.41, 5.74) is 4.94. The van der Waals surface area contributed by atoms with Crippen LogP contribution in [0, 0.1) is 12.7 Å². The molecule has 1 saturated heterocycles. The third-order valence-corrected chi connectivity index (χ3v) is 8.13. The van der Waals surface area contributed by atoms with E-state index in [4.69, 9.17) is 10.5 Å². The van der Waals surface area contributed by atoms with Crippen molar-refractivity contribution in [2.75, 3.05) is 38.2 Å². The molecule has 0 spiro atoms. The monoisotopic (exact) mass is 626 g/mol. The van der Waals surface area contributed by atoms with Crippen LogP contribution in [0.2, 0.25) is 0 Å². The Morgan fingerprint density at radius 1 is 0.933 bits per heavy atom. The summed E-state index contributed by atoms with van der Waals surface area (Å²) in [6, 6.07) is 14.5. The molecule has 1 aliphatic rings. The van der Waals surface area contributed by atoms with Crippen LogP contribution < -0.4 is 26.6 Å². The third kappa shape index (κ3) is 6.79. The Labute approximate surface area is 257 Å². The van der Waals surface area contributed by atoms with E-state index in [1.165, 1.54) is 6.92 Å². The van der Waals surface area contributed by atoms with Crippen molar-refractivity contribution in [3.8, 4) is 5.88 Å². The highest BCUT2D eigenvalue weighted by atomic mass is 19.4. The number of anilines is 1. The number of pyridine rings is 1. The average Bonchev–Trinajstić information content (AvgIpc) is 3.03. The lowest BCUT2D eigenvalue weighted by molar-refractivity contribution is -0.138. The van der Waals surface area contributed by atoms with Crippen LogP contribution in [0.1, 0.15) is 34.0 Å². The first-order valence-corrected chi connectivity index (χ1v) is 14.4. The van der Waals surface area contributed by atoms with Gasteiger partial charge in [-0.3, -0.25) is 18.8 Å². The van der Waals surface area contributed by atoms with Gasteiger partial charge < -0.3 is 15.4 Å². The predicted octanol–water partition coefficient (Wildman–Crippen LogP) is 3.95. The summed E-state index contributed by atoms with van der Waals surface area (Å²) in [7, 11) is 1.55. The number of rotatable bonds is 9. The Bertz CT molecular complexity index is 1770. The number of piperazine rings is 1. The smallest absolute Gasteiger partial charge is 0.416 e. The molecule has 0 amide bonds. The van der Waals surface area contributed by atoms with Crippen LogP contribution in [0.5, 0.6) is 5.88 Å². The molecular weight excluding hydrogens is 592 g/mol. The van der Waals surface area contributed by atoms with Crippen molar-refractivity contribution >= 4 is 5.69 Å². The number of ether oxygens (including phenoxy) is 1. The maximum atomic E-state index is 14.9. The number of aromatic nitrogens is 3. The molecule has 13 heteroatoms. The third-order valence-electron chi connectivity index (χ3n) is 8.13. The van der Waals surface area contributed by atoms with Gasteiger partial charge >= 0.3 is 11.9 Å². The van der Waals surface area contributed by atoms with Crippen molar-refractivity contribution in [1.82, 2.24) is 19.0 Å². The second-order valence-electron chi connectivity index (χ2n) is 10.9. The van der Waals surface area contributed by atoms with E-state index in [9.17, 15) is 27.2 Å². The fourth-order valence-electron chi connectivity index (χ4n) is 5.74. The molecule has 0 unspecified atom stereocenters. The molecule has 2 aromatic heterocycles. The molecule has 238 valence electrons. The van der Waals surface area contributed by atoms with Crippen LogP contribution in [-0.2, 0) is 25.8 Å². The number of methoxy groups -OCH3 is 1. The largest absolute Gasteiger partial charge is 0.481 e. The van der Waals surface area contributed by atoms with Gasteiger partial charge in [0, 0.05) is 61.8 Å². The van der Waals surface area contributed by atoms with E-state index in [1.54, 1.807) is 43.6 Å². The van der Waals surface area contributed by atoms with Crippen molar-refractivity contribution < 1.29 is 22.3 Å². The Balaban J connectivity index is 1.53. The topological polar surface area (TPSA) is 98.6 Å². The molecule has 5 rings (SSSR count). The Morgan fingerprint density at radius 3 is 2.31 bits per heavy atom. The van der Waals surface area contributed by atoms with Gasteiger partial charge in [-0.2, -0.15) is 13.2 Å². The molecule has 1 fully saturated rings. The Kier molecular flexibility index (Phi) is 9.40. The molecule has 2 N–H and O–H groups in total. The number of hydrogen-bond acceptors (Lipinski definition) is 7. The molecule has 3 heterocycles. The molecule has 9 nitrogen and oxygen atoms in total. The fraction of sp³-hybridized carbons (Fsp3) is 0.344. The van der Waals surface area contributed by atoms with E-state index in [0.29, 0.717) is 44.2 Å². The molecule has 0 aliphatic carbocycles. The lowest BCUT2D eigenvalue weighted by Gasteiger charge is -2.37. The summed E-state index contributed by atoms with van der Waals surface area (Å²) in [4.78, 5) is 36.0. The van der Waals surface area contributed by atoms with Crippen molar-refractivity contribution in [3.05, 3.63) is 121 Å². The Morgan fingerprint density at radius 2 is 1.64 bits per heavy atom. The second kappa shape index (κ2) is 13.2. The number of nitrogens with two attached hydrogens (primary N) is 1. The van der Waals surface area contributed by atoms with E-state index in [0.717, 1.165) is 32.9 Å². The highest BCUT2D eigenvalue weighted by molar-refractivity contribution is 5.50. The van der Waals surface area contributed by atoms with Gasteiger partial charge in [-0.25, -0.2) is 14.2 Å². The summed E-state index contributed by atoms with van der Waals surface area (Å²) < 4.78 is 64.0. The normalized spacial score (nSPS) is 14.9. The van der Waals surface area contributed by atoms with Gasteiger partial charge in [0.15, 0.2) is 0 Å². The summed E-state index contributed by atoms with van der Waals surface area (Å²) in [6.45, 7) is 3.01. The second-order valence-corrected chi connectivity index (χ2v) is 10.9. The van der Waals surface area contributed by atoms with Crippen LogP contribution in [0.15, 0.2) is 76.4 Å². The van der Waals surface area contributed by atoms with Crippen LogP contribution in [-0.4, -0.2) is 52.3 Å². The van der Waals surface area contributed by atoms with E-state index in [-0.39, 0.29) is 17.9 Å². The minimum atomic E-state index is -4.85. The average molecular weight is 627 g/mol. The molecule has 4 aromatic rings. The van der Waals surface area contributed by atoms with Crippen molar-refractivity contribution in [1.29, 1.82) is 0 Å². The maximum Gasteiger partial charge on any atom is 0.416 e. The van der Waals surface area contributed by atoms with Crippen LogP contribution in [0.25, 0.3) is 0 Å². The fourth-order valence-corrected chi connectivity index (χ4v) is 5.74. The maximum absolute atomic E-state index is 14.9. The van der Waals surface area contributed by atoms with Crippen LogP contribution in [0.3, 0.4) is 0 Å². The number of hydrogen-bond donors (Lipinski definition) is 1. The van der Waals surface area contributed by atoms with E-state index in [2.05, 4.69) is 9.88 Å². The first-order valence-electron chi connectivity index (χ1n) is 14.4. The summed E-state index contributed by atoms with van der Waals surface area (Å²) in [5, 5.41) is 0. The highest BCUT2D eigenvalue weighted by Gasteiger charge is 2.35. The predicted molar refractivity (Wildman–Crippen MR) is 162 cm³/mol. The quantitative estimate of drug-likeness (QED) is 0.281. The first kappa shape index (κ1) is 31.9. The van der Waals surface area contributed by atoms with Gasteiger partial charge in [0.2, 0.25) is 5.88 Å². The summed E-state index contributed by atoms with van der Waals surface area (Å²) in [6.07, 6.45) is -3.21. The standard InChI is InChI=1S/C32H34F4N6O3/c1-21-28(40-16-14-39(15-17-40)18-23-10-7-13-38-29(23)45-2)30(43)42(20-27(37)22-8-4-3-5-9-22)31(44)41(21)19-24-25(32(34,35)36)11-6-12-26(24)33/h3-13,27H,14-20,37H2,1-2H3/t27-/m0/s1. The zero-order valence-electron chi connectivity index (χ0n) is 24.9. The van der Waals surface area contributed by atoms with Gasteiger partial charge in [0.05, 0.1) is 25.8 Å². The first-order chi connectivity index (χ1) is 21.5. The molecule has 45 heavy (non-hydrogen) atoms. The lowest BCUT2D eigenvalue weighted by Crippen LogP contribution is -2.51. The molecular formula is C32H34F4N6O3.